The number of ether oxygens (including phenoxy) is 2. The molecular formula is C19H22N2O5. The molecule has 2 aliphatic carbocycles. The second-order valence-corrected chi connectivity index (χ2v) is 7.26. The number of imide groups is 1. The monoisotopic (exact) mass is 358 g/mol. The van der Waals surface area contributed by atoms with Gasteiger partial charge in [-0.05, 0) is 43.2 Å². The first-order valence-electron chi connectivity index (χ1n) is 8.90. The molecule has 4 rings (SSSR count). The molecule has 1 aromatic rings. The van der Waals surface area contributed by atoms with Crippen LogP contribution in [-0.4, -0.2) is 43.4 Å². The van der Waals surface area contributed by atoms with Crippen molar-refractivity contribution in [2.45, 2.75) is 19.3 Å². The number of carbonyl (C=O) groups excluding carboxylic acids is 3. The third kappa shape index (κ3) is 2.53. The molecule has 0 aromatic heterocycles. The van der Waals surface area contributed by atoms with E-state index in [9.17, 15) is 14.4 Å². The summed E-state index contributed by atoms with van der Waals surface area (Å²) in [7, 11) is 3.04. The Morgan fingerprint density at radius 3 is 2.35 bits per heavy atom. The molecule has 138 valence electrons. The average Bonchev–Trinajstić information content (AvgIpc) is 3.32. The number of fused-ring (bicyclic) bond motifs is 5. The van der Waals surface area contributed by atoms with Gasteiger partial charge in [0.1, 0.15) is 18.0 Å². The molecule has 1 saturated heterocycles. The summed E-state index contributed by atoms with van der Waals surface area (Å²) in [6.07, 6.45) is 3.03. The normalized spacial score (nSPS) is 29.1. The highest BCUT2D eigenvalue weighted by Crippen LogP contribution is 2.56. The Balaban J connectivity index is 1.46. The maximum Gasteiger partial charge on any atom is 0.244 e. The van der Waals surface area contributed by atoms with Gasteiger partial charge in [-0.25, -0.2) is 0 Å². The smallest absolute Gasteiger partial charge is 0.244 e. The molecule has 3 amide bonds. The summed E-state index contributed by atoms with van der Waals surface area (Å²) >= 11 is 0. The van der Waals surface area contributed by atoms with Gasteiger partial charge in [-0.3, -0.25) is 19.3 Å². The molecule has 0 radical (unpaired) electrons. The van der Waals surface area contributed by atoms with E-state index in [0.717, 1.165) is 24.2 Å². The highest BCUT2D eigenvalue weighted by Gasteiger charge is 2.60. The Kier molecular flexibility index (Phi) is 4.09. The number of hydrogen-bond acceptors (Lipinski definition) is 5. The number of amides is 3. The standard InChI is InChI=1S/C19H22N2O5/c1-25-12-5-6-13(14(8-12)26-2)20-15(22)9-21-18(23)16-10-3-4-11(7-10)17(16)19(21)24/h5-6,8,10-11,16-17H,3-4,7,9H2,1-2H3,(H,20,22)/t10-,11-,16-,17+/m1/s1. The topological polar surface area (TPSA) is 84.9 Å². The summed E-state index contributed by atoms with van der Waals surface area (Å²) in [5, 5.41) is 2.72. The van der Waals surface area contributed by atoms with Gasteiger partial charge in [-0.1, -0.05) is 0 Å². The maximum atomic E-state index is 12.7. The Morgan fingerprint density at radius 1 is 1.12 bits per heavy atom. The van der Waals surface area contributed by atoms with E-state index in [1.165, 1.54) is 7.11 Å². The molecule has 2 bridgehead atoms. The lowest BCUT2D eigenvalue weighted by atomic mass is 9.81. The second-order valence-electron chi connectivity index (χ2n) is 7.26. The largest absolute Gasteiger partial charge is 0.497 e. The minimum absolute atomic E-state index is 0.177. The van der Waals surface area contributed by atoms with Gasteiger partial charge in [0, 0.05) is 6.07 Å². The first-order valence-corrected chi connectivity index (χ1v) is 8.90. The Morgan fingerprint density at radius 2 is 1.77 bits per heavy atom. The van der Waals surface area contributed by atoms with E-state index in [4.69, 9.17) is 9.47 Å². The van der Waals surface area contributed by atoms with Crippen LogP contribution in [0.3, 0.4) is 0 Å². The molecule has 1 aliphatic heterocycles. The number of carbonyl (C=O) groups is 3. The van der Waals surface area contributed by atoms with Gasteiger partial charge in [-0.15, -0.1) is 0 Å². The highest BCUT2D eigenvalue weighted by molar-refractivity contribution is 6.09. The van der Waals surface area contributed by atoms with Gasteiger partial charge in [0.05, 0.1) is 31.7 Å². The quantitative estimate of drug-likeness (QED) is 0.810. The first kappa shape index (κ1) is 16.9. The number of methoxy groups -OCH3 is 2. The van der Waals surface area contributed by atoms with Crippen molar-refractivity contribution in [1.29, 1.82) is 0 Å². The van der Waals surface area contributed by atoms with Crippen molar-refractivity contribution in [1.82, 2.24) is 4.90 Å². The summed E-state index contributed by atoms with van der Waals surface area (Å²) in [5.74, 6) is 0.511. The number of likely N-dealkylation sites (tertiary alicyclic amines) is 1. The number of hydrogen-bond donors (Lipinski definition) is 1. The van der Waals surface area contributed by atoms with Crippen LogP contribution in [0.5, 0.6) is 11.5 Å². The molecule has 26 heavy (non-hydrogen) atoms. The van der Waals surface area contributed by atoms with Crippen LogP contribution in [0, 0.1) is 23.7 Å². The number of benzene rings is 1. The lowest BCUT2D eigenvalue weighted by Crippen LogP contribution is -2.39. The molecule has 0 spiro atoms. The molecule has 4 atom stereocenters. The van der Waals surface area contributed by atoms with Gasteiger partial charge < -0.3 is 14.8 Å². The summed E-state index contributed by atoms with van der Waals surface area (Å²) in [4.78, 5) is 38.9. The maximum absolute atomic E-state index is 12.7. The van der Waals surface area contributed by atoms with E-state index in [1.54, 1.807) is 25.3 Å². The fourth-order valence-electron chi connectivity index (χ4n) is 4.86. The van der Waals surface area contributed by atoms with E-state index >= 15 is 0 Å². The first-order chi connectivity index (χ1) is 12.5. The summed E-state index contributed by atoms with van der Waals surface area (Å²) < 4.78 is 10.4. The Hall–Kier alpha value is -2.57. The fourth-order valence-corrected chi connectivity index (χ4v) is 4.86. The average molecular weight is 358 g/mol. The predicted octanol–water partition coefficient (Wildman–Crippen LogP) is 1.67. The minimum Gasteiger partial charge on any atom is -0.497 e. The molecule has 7 nitrogen and oxygen atoms in total. The molecule has 1 aromatic carbocycles. The number of nitrogens with one attached hydrogen (secondary N) is 1. The molecule has 0 unspecified atom stereocenters. The minimum atomic E-state index is -0.414. The third-order valence-corrected chi connectivity index (χ3v) is 6.00. The molecular weight excluding hydrogens is 336 g/mol. The summed E-state index contributed by atoms with van der Waals surface area (Å²) in [6.45, 7) is -0.251. The van der Waals surface area contributed by atoms with Crippen molar-refractivity contribution in [2.75, 3.05) is 26.1 Å². The van der Waals surface area contributed by atoms with E-state index in [2.05, 4.69) is 5.32 Å². The van der Waals surface area contributed by atoms with Crippen molar-refractivity contribution in [3.8, 4) is 11.5 Å². The van der Waals surface area contributed by atoms with E-state index < -0.39 is 5.91 Å². The Bertz CT molecular complexity index is 749. The second kappa shape index (κ2) is 6.30. The van der Waals surface area contributed by atoms with Crippen molar-refractivity contribution >= 4 is 23.4 Å². The Labute approximate surface area is 151 Å². The fraction of sp³-hybridized carbons (Fsp3) is 0.526. The van der Waals surface area contributed by atoms with Crippen LogP contribution in [0.4, 0.5) is 5.69 Å². The molecule has 1 heterocycles. The zero-order valence-electron chi connectivity index (χ0n) is 14.9. The lowest BCUT2D eigenvalue weighted by molar-refractivity contribution is -0.143. The van der Waals surface area contributed by atoms with Crippen LogP contribution >= 0.6 is 0 Å². The highest BCUT2D eigenvalue weighted by atomic mass is 16.5. The van der Waals surface area contributed by atoms with Gasteiger partial charge in [-0.2, -0.15) is 0 Å². The van der Waals surface area contributed by atoms with Crippen LogP contribution in [0.1, 0.15) is 19.3 Å². The summed E-state index contributed by atoms with van der Waals surface area (Å²) in [5.41, 5.74) is 0.470. The molecule has 1 N–H and O–H groups in total. The van der Waals surface area contributed by atoms with Crippen LogP contribution in [0.2, 0.25) is 0 Å². The van der Waals surface area contributed by atoms with Crippen molar-refractivity contribution in [3.63, 3.8) is 0 Å². The number of anilines is 1. The third-order valence-electron chi connectivity index (χ3n) is 6.00. The molecule has 7 heteroatoms. The van der Waals surface area contributed by atoms with Crippen molar-refractivity contribution in [2.24, 2.45) is 23.7 Å². The molecule has 2 saturated carbocycles. The SMILES string of the molecule is COc1ccc(NC(=O)CN2C(=O)[C@@H]3[C@@H]4CC[C@H](C4)[C@@H]3C2=O)c(OC)c1. The van der Waals surface area contributed by atoms with Crippen LogP contribution in [0.15, 0.2) is 18.2 Å². The van der Waals surface area contributed by atoms with E-state index in [1.807, 2.05) is 0 Å². The molecule has 3 aliphatic rings. The predicted molar refractivity (Wildman–Crippen MR) is 92.7 cm³/mol. The van der Waals surface area contributed by atoms with E-state index in [-0.39, 0.29) is 30.2 Å². The van der Waals surface area contributed by atoms with Gasteiger partial charge in [0.2, 0.25) is 17.7 Å². The number of nitrogens with zero attached hydrogens (tertiary/aromatic N) is 1. The number of rotatable bonds is 5. The van der Waals surface area contributed by atoms with Crippen LogP contribution in [0.25, 0.3) is 0 Å². The summed E-state index contributed by atoms with van der Waals surface area (Å²) in [6, 6.07) is 5.02. The zero-order chi connectivity index (χ0) is 18.4. The van der Waals surface area contributed by atoms with Gasteiger partial charge in [0.25, 0.3) is 0 Å². The van der Waals surface area contributed by atoms with Crippen LogP contribution < -0.4 is 14.8 Å². The van der Waals surface area contributed by atoms with E-state index in [0.29, 0.717) is 29.0 Å². The lowest BCUT2D eigenvalue weighted by Gasteiger charge is -2.19. The van der Waals surface area contributed by atoms with Crippen molar-refractivity contribution < 1.29 is 23.9 Å². The van der Waals surface area contributed by atoms with Crippen LogP contribution in [-0.2, 0) is 14.4 Å². The zero-order valence-corrected chi connectivity index (χ0v) is 14.9. The van der Waals surface area contributed by atoms with Gasteiger partial charge >= 0.3 is 0 Å². The molecule has 3 fully saturated rings. The van der Waals surface area contributed by atoms with Crippen molar-refractivity contribution in [3.05, 3.63) is 18.2 Å². The van der Waals surface area contributed by atoms with Gasteiger partial charge in [0.15, 0.2) is 0 Å².